The summed E-state index contributed by atoms with van der Waals surface area (Å²) in [6.45, 7) is 1.37. The van der Waals surface area contributed by atoms with E-state index in [4.69, 9.17) is 4.74 Å². The molecule has 0 saturated heterocycles. The lowest BCUT2D eigenvalue weighted by molar-refractivity contribution is 0.124. The summed E-state index contributed by atoms with van der Waals surface area (Å²) in [4.78, 5) is 9.81. The molecule has 0 spiro atoms. The minimum Gasteiger partial charge on any atom is -0.376 e. The van der Waals surface area contributed by atoms with Crippen LogP contribution in [0.15, 0.2) is 61.1 Å². The summed E-state index contributed by atoms with van der Waals surface area (Å²) < 4.78 is 5.71. The van der Waals surface area contributed by atoms with Crippen molar-refractivity contribution in [3.05, 3.63) is 71.5 Å². The van der Waals surface area contributed by atoms with E-state index in [1.165, 1.54) is 10.4 Å². The minimum absolute atomic E-state index is 0.662. The average molecular weight is 296 g/mol. The monoisotopic (exact) mass is 296 g/mol. The zero-order valence-electron chi connectivity index (χ0n) is 11.6. The predicted molar refractivity (Wildman–Crippen MR) is 85.1 cm³/mol. The quantitative estimate of drug-likeness (QED) is 0.646. The number of nitrogens with zero attached hydrogens (tertiary/aromatic N) is 2. The van der Waals surface area contributed by atoms with Gasteiger partial charge in [0.25, 0.3) is 0 Å². The standard InChI is InChI=1S/C17H16N2OS/c1-2-5-14(6-3-1)13-20-10-8-16-12-19-17(21-16)15-7-4-9-18-11-15/h1-7,9,11-12H,8,10,13H2. The van der Waals surface area contributed by atoms with Gasteiger partial charge in [-0.25, -0.2) is 4.98 Å². The normalized spacial score (nSPS) is 10.7. The van der Waals surface area contributed by atoms with Crippen LogP contribution in [-0.4, -0.2) is 16.6 Å². The average Bonchev–Trinajstić information content (AvgIpc) is 3.02. The summed E-state index contributed by atoms with van der Waals surface area (Å²) >= 11 is 1.70. The summed E-state index contributed by atoms with van der Waals surface area (Å²) in [5.74, 6) is 0. The van der Waals surface area contributed by atoms with Gasteiger partial charge < -0.3 is 4.74 Å². The van der Waals surface area contributed by atoms with E-state index in [2.05, 4.69) is 22.1 Å². The van der Waals surface area contributed by atoms with E-state index in [0.717, 1.165) is 17.0 Å². The van der Waals surface area contributed by atoms with E-state index in [1.807, 2.05) is 42.7 Å². The van der Waals surface area contributed by atoms with E-state index in [-0.39, 0.29) is 0 Å². The molecule has 0 radical (unpaired) electrons. The van der Waals surface area contributed by atoms with E-state index in [1.54, 1.807) is 17.5 Å². The van der Waals surface area contributed by atoms with Crippen LogP contribution in [0.5, 0.6) is 0 Å². The van der Waals surface area contributed by atoms with Crippen LogP contribution in [0.2, 0.25) is 0 Å². The molecule has 4 heteroatoms. The maximum atomic E-state index is 5.71. The minimum atomic E-state index is 0.662. The molecule has 3 aromatic rings. The van der Waals surface area contributed by atoms with E-state index in [0.29, 0.717) is 13.2 Å². The number of thiazole rings is 1. The van der Waals surface area contributed by atoms with Crippen LogP contribution in [0.4, 0.5) is 0 Å². The molecule has 0 aliphatic heterocycles. The lowest BCUT2D eigenvalue weighted by atomic mass is 10.2. The Morgan fingerprint density at radius 1 is 1.00 bits per heavy atom. The maximum Gasteiger partial charge on any atom is 0.125 e. The largest absolute Gasteiger partial charge is 0.376 e. The van der Waals surface area contributed by atoms with Crippen molar-refractivity contribution < 1.29 is 4.74 Å². The Kier molecular flexibility index (Phi) is 4.71. The third kappa shape index (κ3) is 3.97. The van der Waals surface area contributed by atoms with Gasteiger partial charge in [-0.3, -0.25) is 4.98 Å². The van der Waals surface area contributed by atoms with Crippen molar-refractivity contribution >= 4 is 11.3 Å². The first-order valence-electron chi connectivity index (χ1n) is 6.88. The molecule has 0 atom stereocenters. The number of rotatable bonds is 6. The van der Waals surface area contributed by atoms with Crippen molar-refractivity contribution in [1.82, 2.24) is 9.97 Å². The fourth-order valence-corrected chi connectivity index (χ4v) is 2.87. The summed E-state index contributed by atoms with van der Waals surface area (Å²) in [5, 5.41) is 1.01. The van der Waals surface area contributed by atoms with Crippen molar-refractivity contribution in [3.8, 4) is 10.6 Å². The molecule has 1 aromatic carbocycles. The number of hydrogen-bond donors (Lipinski definition) is 0. The van der Waals surface area contributed by atoms with Crippen molar-refractivity contribution in [3.63, 3.8) is 0 Å². The lowest BCUT2D eigenvalue weighted by Gasteiger charge is -2.02. The topological polar surface area (TPSA) is 35.0 Å². The third-order valence-corrected chi connectivity index (χ3v) is 4.17. The molecule has 2 heterocycles. The lowest BCUT2D eigenvalue weighted by Crippen LogP contribution is -1.97. The molecule has 0 amide bonds. The molecule has 0 N–H and O–H groups in total. The SMILES string of the molecule is c1ccc(COCCc2cnc(-c3cccnc3)s2)cc1. The van der Waals surface area contributed by atoms with Gasteiger partial charge in [-0.2, -0.15) is 0 Å². The molecule has 2 aromatic heterocycles. The van der Waals surface area contributed by atoms with Gasteiger partial charge in [0.2, 0.25) is 0 Å². The molecule has 0 unspecified atom stereocenters. The molecule has 21 heavy (non-hydrogen) atoms. The summed E-state index contributed by atoms with van der Waals surface area (Å²) in [5.41, 5.74) is 2.27. The second kappa shape index (κ2) is 7.11. The number of pyridine rings is 1. The molecular formula is C17H16N2OS. The molecule has 106 valence electrons. The van der Waals surface area contributed by atoms with Crippen LogP contribution in [-0.2, 0) is 17.8 Å². The zero-order chi connectivity index (χ0) is 14.3. The number of ether oxygens (including phenoxy) is 1. The van der Waals surface area contributed by atoms with Crippen molar-refractivity contribution in [2.45, 2.75) is 13.0 Å². The predicted octanol–water partition coefficient (Wildman–Crippen LogP) is 3.96. The van der Waals surface area contributed by atoms with Gasteiger partial charge >= 0.3 is 0 Å². The first-order chi connectivity index (χ1) is 10.4. The zero-order valence-corrected chi connectivity index (χ0v) is 12.4. The molecule has 0 fully saturated rings. The van der Waals surface area contributed by atoms with Crippen molar-refractivity contribution in [2.75, 3.05) is 6.61 Å². The van der Waals surface area contributed by atoms with Crippen molar-refractivity contribution in [1.29, 1.82) is 0 Å². The van der Waals surface area contributed by atoms with Crippen LogP contribution in [0.25, 0.3) is 10.6 Å². The molecule has 0 bridgehead atoms. The van der Waals surface area contributed by atoms with Crippen molar-refractivity contribution in [2.24, 2.45) is 0 Å². The Morgan fingerprint density at radius 3 is 2.71 bits per heavy atom. The highest BCUT2D eigenvalue weighted by atomic mass is 32.1. The van der Waals surface area contributed by atoms with Crippen LogP contribution in [0, 0.1) is 0 Å². The van der Waals surface area contributed by atoms with E-state index in [9.17, 15) is 0 Å². The summed E-state index contributed by atoms with van der Waals surface area (Å²) in [6.07, 6.45) is 6.44. The molecule has 3 rings (SSSR count). The Labute approximate surface area is 128 Å². The summed E-state index contributed by atoms with van der Waals surface area (Å²) in [7, 11) is 0. The maximum absolute atomic E-state index is 5.71. The number of aromatic nitrogens is 2. The van der Waals surface area contributed by atoms with Crippen LogP contribution >= 0.6 is 11.3 Å². The summed E-state index contributed by atoms with van der Waals surface area (Å²) in [6, 6.07) is 14.2. The Balaban J connectivity index is 1.49. The highest BCUT2D eigenvalue weighted by molar-refractivity contribution is 7.15. The van der Waals surface area contributed by atoms with E-state index >= 15 is 0 Å². The first-order valence-corrected chi connectivity index (χ1v) is 7.70. The van der Waals surface area contributed by atoms with Gasteiger partial charge in [0, 0.05) is 35.5 Å². The van der Waals surface area contributed by atoms with Gasteiger partial charge in [0.05, 0.1) is 13.2 Å². The van der Waals surface area contributed by atoms with E-state index < -0.39 is 0 Å². The smallest absolute Gasteiger partial charge is 0.125 e. The number of hydrogen-bond acceptors (Lipinski definition) is 4. The molecular weight excluding hydrogens is 280 g/mol. The molecule has 3 nitrogen and oxygen atoms in total. The Bertz CT molecular complexity index is 668. The molecule has 0 saturated carbocycles. The molecule has 0 aliphatic rings. The van der Waals surface area contributed by atoms with Gasteiger partial charge in [0.15, 0.2) is 0 Å². The fraction of sp³-hybridized carbons (Fsp3) is 0.176. The van der Waals surface area contributed by atoms with Crippen LogP contribution in [0.1, 0.15) is 10.4 Å². The van der Waals surface area contributed by atoms with Gasteiger partial charge in [-0.15, -0.1) is 11.3 Å². The van der Waals surface area contributed by atoms with Gasteiger partial charge in [-0.1, -0.05) is 30.3 Å². The molecule has 0 aliphatic carbocycles. The highest BCUT2D eigenvalue weighted by Crippen LogP contribution is 2.24. The Hall–Kier alpha value is -2.04. The fourth-order valence-electron chi connectivity index (χ4n) is 1.98. The number of benzene rings is 1. The Morgan fingerprint density at radius 2 is 1.90 bits per heavy atom. The second-order valence-electron chi connectivity index (χ2n) is 4.66. The van der Waals surface area contributed by atoms with Gasteiger partial charge in [0.1, 0.15) is 5.01 Å². The first kappa shape index (κ1) is 13.9. The highest BCUT2D eigenvalue weighted by Gasteiger charge is 2.04. The third-order valence-electron chi connectivity index (χ3n) is 3.07. The van der Waals surface area contributed by atoms with Crippen LogP contribution < -0.4 is 0 Å². The second-order valence-corrected chi connectivity index (χ2v) is 5.78. The van der Waals surface area contributed by atoms with Crippen LogP contribution in [0.3, 0.4) is 0 Å². The van der Waals surface area contributed by atoms with Gasteiger partial charge in [-0.05, 0) is 17.7 Å².